The maximum absolute atomic E-state index is 11.9. The normalized spacial score (nSPS) is 18.0. The summed E-state index contributed by atoms with van der Waals surface area (Å²) in [6.07, 6.45) is 1.36. The third kappa shape index (κ3) is 7.06. The lowest BCUT2D eigenvalue weighted by atomic mass is 9.94. The van der Waals surface area contributed by atoms with Gasteiger partial charge in [-0.1, -0.05) is 50.5 Å². The fraction of sp³-hybridized carbons (Fsp3) is 0.882. The summed E-state index contributed by atoms with van der Waals surface area (Å²) in [6.45, 7) is 16.8. The van der Waals surface area contributed by atoms with Crippen LogP contribution in [0.5, 0.6) is 0 Å². The minimum Gasteiger partial charge on any atom is -0.461 e. The monoisotopic (exact) mass is 408 g/mol. The number of rotatable bonds is 9. The average Bonchev–Trinajstić information content (AvgIpc) is 2.42. The number of alkyl halides is 1. The lowest BCUT2D eigenvalue weighted by molar-refractivity contribution is -0.153. The van der Waals surface area contributed by atoms with Gasteiger partial charge >= 0.3 is 5.97 Å². The van der Waals surface area contributed by atoms with E-state index in [1.165, 1.54) is 0 Å². The van der Waals surface area contributed by atoms with Crippen LogP contribution in [0.3, 0.4) is 0 Å². The molecule has 0 aliphatic carbocycles. The smallest absolute Gasteiger partial charge is 0.319 e. The zero-order valence-electron chi connectivity index (χ0n) is 15.8. The Hall–Kier alpha value is -0.203. The molecule has 0 bridgehead atoms. The molecule has 1 unspecified atom stereocenters. The standard InChI is InChI=1S/C17H33BrO4Si/c1-9-14(22-23(7,8)17(4,5)6)12(2)15(10-11-19)21-16(20)13(3)18/h11-15H,9-10H2,1-8H3/t12-,13?,14+,15+/m0/s1. The molecule has 0 amide bonds. The van der Waals surface area contributed by atoms with E-state index in [0.29, 0.717) is 0 Å². The van der Waals surface area contributed by atoms with Gasteiger partial charge in [-0.2, -0.15) is 0 Å². The highest BCUT2D eigenvalue weighted by atomic mass is 79.9. The molecular weight excluding hydrogens is 376 g/mol. The molecule has 136 valence electrons. The molecule has 4 atom stereocenters. The van der Waals surface area contributed by atoms with Crippen LogP contribution < -0.4 is 0 Å². The Bertz CT molecular complexity index is 391. The van der Waals surface area contributed by atoms with Crippen LogP contribution in [0.25, 0.3) is 0 Å². The maximum Gasteiger partial charge on any atom is 0.319 e. The topological polar surface area (TPSA) is 52.6 Å². The Morgan fingerprint density at radius 3 is 2.09 bits per heavy atom. The van der Waals surface area contributed by atoms with Crippen molar-refractivity contribution in [1.82, 2.24) is 0 Å². The van der Waals surface area contributed by atoms with E-state index in [4.69, 9.17) is 9.16 Å². The fourth-order valence-electron chi connectivity index (χ4n) is 2.06. The minimum absolute atomic E-state index is 0.0285. The van der Waals surface area contributed by atoms with Gasteiger partial charge in [0, 0.05) is 12.3 Å². The van der Waals surface area contributed by atoms with E-state index in [1.54, 1.807) is 6.92 Å². The molecule has 0 aromatic heterocycles. The van der Waals surface area contributed by atoms with Crippen molar-refractivity contribution in [3.05, 3.63) is 0 Å². The lowest BCUT2D eigenvalue weighted by Gasteiger charge is -2.41. The maximum atomic E-state index is 11.9. The van der Waals surface area contributed by atoms with Gasteiger partial charge in [-0.3, -0.25) is 4.79 Å². The molecule has 0 N–H and O–H groups in total. The van der Waals surface area contributed by atoms with Crippen LogP contribution in [0, 0.1) is 5.92 Å². The zero-order valence-corrected chi connectivity index (χ0v) is 18.4. The van der Waals surface area contributed by atoms with Crippen LogP contribution in [0.15, 0.2) is 0 Å². The summed E-state index contributed by atoms with van der Waals surface area (Å²) in [5, 5.41) is 0.112. The number of ether oxygens (including phenoxy) is 1. The van der Waals surface area contributed by atoms with Crippen molar-refractivity contribution in [2.24, 2.45) is 5.92 Å². The second-order valence-corrected chi connectivity index (χ2v) is 13.8. The van der Waals surface area contributed by atoms with E-state index < -0.39 is 14.4 Å². The number of hydrogen-bond acceptors (Lipinski definition) is 4. The summed E-state index contributed by atoms with van der Waals surface area (Å²) in [5.41, 5.74) is 0. The van der Waals surface area contributed by atoms with Gasteiger partial charge in [0.05, 0.1) is 6.10 Å². The van der Waals surface area contributed by atoms with Crippen molar-refractivity contribution >= 4 is 36.5 Å². The quantitative estimate of drug-likeness (QED) is 0.240. The molecule has 0 rings (SSSR count). The van der Waals surface area contributed by atoms with Gasteiger partial charge < -0.3 is 14.0 Å². The molecule has 6 heteroatoms. The highest BCUT2D eigenvalue weighted by molar-refractivity contribution is 9.10. The summed E-state index contributed by atoms with van der Waals surface area (Å²) in [6, 6.07) is 0. The van der Waals surface area contributed by atoms with Crippen LogP contribution in [0.4, 0.5) is 0 Å². The third-order valence-electron chi connectivity index (χ3n) is 4.75. The summed E-state index contributed by atoms with van der Waals surface area (Å²) in [5.74, 6) is -0.375. The predicted molar refractivity (Wildman–Crippen MR) is 100 cm³/mol. The highest BCUT2D eigenvalue weighted by Gasteiger charge is 2.41. The number of halogens is 1. The first kappa shape index (κ1) is 22.8. The van der Waals surface area contributed by atoms with E-state index in [9.17, 15) is 9.59 Å². The van der Waals surface area contributed by atoms with Crippen LogP contribution in [0.2, 0.25) is 18.1 Å². The Morgan fingerprint density at radius 1 is 1.22 bits per heavy atom. The molecule has 23 heavy (non-hydrogen) atoms. The second kappa shape index (κ2) is 9.32. The van der Waals surface area contributed by atoms with Gasteiger partial charge in [-0.25, -0.2) is 0 Å². The van der Waals surface area contributed by atoms with Crippen LogP contribution in [-0.2, 0) is 18.8 Å². The van der Waals surface area contributed by atoms with Crippen molar-refractivity contribution in [2.45, 2.75) is 89.6 Å². The molecule has 0 aliphatic rings. The van der Waals surface area contributed by atoms with Crippen molar-refractivity contribution in [2.75, 3.05) is 0 Å². The van der Waals surface area contributed by atoms with E-state index in [0.717, 1.165) is 12.7 Å². The number of esters is 1. The molecule has 0 aliphatic heterocycles. The van der Waals surface area contributed by atoms with Crippen molar-refractivity contribution in [1.29, 1.82) is 0 Å². The van der Waals surface area contributed by atoms with E-state index in [2.05, 4.69) is 56.7 Å². The summed E-state index contributed by atoms with van der Waals surface area (Å²) >= 11 is 3.21. The van der Waals surface area contributed by atoms with E-state index in [1.807, 2.05) is 6.92 Å². The molecule has 0 spiro atoms. The van der Waals surface area contributed by atoms with Gasteiger partial charge in [-0.15, -0.1) is 0 Å². The zero-order chi connectivity index (χ0) is 18.4. The average molecular weight is 409 g/mol. The number of aldehydes is 1. The van der Waals surface area contributed by atoms with Crippen LogP contribution in [0.1, 0.15) is 54.4 Å². The Balaban J connectivity index is 5.16. The van der Waals surface area contributed by atoms with Crippen LogP contribution in [-0.4, -0.2) is 37.6 Å². The molecule has 0 saturated carbocycles. The van der Waals surface area contributed by atoms with Gasteiger partial charge in [0.15, 0.2) is 8.32 Å². The molecule has 0 aromatic rings. The molecule has 0 aromatic carbocycles. The molecule has 0 heterocycles. The molecule has 0 radical (unpaired) electrons. The third-order valence-corrected chi connectivity index (χ3v) is 9.63. The van der Waals surface area contributed by atoms with Gasteiger partial charge in [0.25, 0.3) is 0 Å². The Kier molecular flexibility index (Phi) is 9.24. The van der Waals surface area contributed by atoms with Gasteiger partial charge in [0.2, 0.25) is 0 Å². The summed E-state index contributed by atoms with van der Waals surface area (Å²) in [7, 11) is -1.92. The largest absolute Gasteiger partial charge is 0.461 e. The SMILES string of the molecule is CC[C@@H](O[Si](C)(C)C(C)(C)C)[C@H](C)[C@@H](CC=O)OC(=O)C(C)Br. The Labute approximate surface area is 151 Å². The van der Waals surface area contributed by atoms with Gasteiger partial charge in [0.1, 0.15) is 17.2 Å². The van der Waals surface area contributed by atoms with Crippen molar-refractivity contribution in [3.8, 4) is 0 Å². The number of carbonyl (C=O) groups is 2. The predicted octanol–water partition coefficient (Wildman–Crippen LogP) is 4.71. The van der Waals surface area contributed by atoms with E-state index >= 15 is 0 Å². The first-order valence-corrected chi connectivity index (χ1v) is 12.2. The second-order valence-electron chi connectivity index (χ2n) is 7.68. The molecule has 0 fully saturated rings. The molecule has 0 saturated heterocycles. The minimum atomic E-state index is -1.92. The summed E-state index contributed by atoms with van der Waals surface area (Å²) in [4.78, 5) is 22.5. The fourth-order valence-corrected chi connectivity index (χ4v) is 3.66. The number of carbonyl (C=O) groups excluding carboxylic acids is 2. The van der Waals surface area contributed by atoms with Crippen LogP contribution >= 0.6 is 15.9 Å². The number of hydrogen-bond donors (Lipinski definition) is 0. The highest BCUT2D eigenvalue weighted by Crippen LogP contribution is 2.39. The van der Waals surface area contributed by atoms with Gasteiger partial charge in [-0.05, 0) is 31.5 Å². The molecular formula is C17H33BrO4Si. The lowest BCUT2D eigenvalue weighted by Crippen LogP contribution is -2.47. The first-order valence-electron chi connectivity index (χ1n) is 8.33. The Morgan fingerprint density at radius 2 is 1.74 bits per heavy atom. The van der Waals surface area contributed by atoms with E-state index in [-0.39, 0.29) is 34.3 Å². The van der Waals surface area contributed by atoms with Crippen molar-refractivity contribution < 1.29 is 18.8 Å². The van der Waals surface area contributed by atoms with Crippen molar-refractivity contribution in [3.63, 3.8) is 0 Å². The summed E-state index contributed by atoms with van der Waals surface area (Å²) < 4.78 is 12.0. The molecule has 4 nitrogen and oxygen atoms in total. The first-order chi connectivity index (χ1) is 10.4.